The van der Waals surface area contributed by atoms with E-state index in [0.717, 1.165) is 30.3 Å². The molecule has 0 fully saturated rings. The van der Waals surface area contributed by atoms with E-state index < -0.39 is 35.3 Å². The molecule has 0 saturated carbocycles. The van der Waals surface area contributed by atoms with Gasteiger partial charge >= 0.3 is 12.4 Å². The summed E-state index contributed by atoms with van der Waals surface area (Å²) in [5.41, 5.74) is -1.16. The SMILES string of the molecule is CC1CN(c2ncccc2C(F)(F)F)CC=C1C(=O)Nc1ccc(C(F)(F)F)cc1. The fourth-order valence-electron chi connectivity index (χ4n) is 3.22. The first-order chi connectivity index (χ1) is 14.0. The third-order valence-electron chi connectivity index (χ3n) is 4.68. The maximum Gasteiger partial charge on any atom is 0.419 e. The molecule has 1 aliphatic rings. The molecule has 3 rings (SSSR count). The van der Waals surface area contributed by atoms with Crippen molar-refractivity contribution in [3.63, 3.8) is 0 Å². The highest BCUT2D eigenvalue weighted by molar-refractivity contribution is 6.04. The van der Waals surface area contributed by atoms with Gasteiger partial charge in [-0.2, -0.15) is 26.3 Å². The molecule has 0 saturated heterocycles. The Labute approximate surface area is 168 Å². The lowest BCUT2D eigenvalue weighted by Crippen LogP contribution is -2.38. The van der Waals surface area contributed by atoms with Crippen molar-refractivity contribution >= 4 is 17.4 Å². The molecular formula is C20H17F6N3O. The molecule has 0 aliphatic carbocycles. The van der Waals surface area contributed by atoms with Crippen molar-refractivity contribution in [3.8, 4) is 0 Å². The summed E-state index contributed by atoms with van der Waals surface area (Å²) in [7, 11) is 0. The fraction of sp³-hybridized carbons (Fsp3) is 0.300. The van der Waals surface area contributed by atoms with E-state index in [1.54, 1.807) is 6.92 Å². The number of alkyl halides is 6. The summed E-state index contributed by atoms with van der Waals surface area (Å²) in [6.07, 6.45) is -6.27. The smallest absolute Gasteiger partial charge is 0.352 e. The Bertz CT molecular complexity index is 950. The van der Waals surface area contributed by atoms with Crippen LogP contribution in [0.15, 0.2) is 54.2 Å². The van der Waals surface area contributed by atoms with E-state index in [1.165, 1.54) is 23.2 Å². The van der Waals surface area contributed by atoms with E-state index in [4.69, 9.17) is 0 Å². The highest BCUT2D eigenvalue weighted by atomic mass is 19.4. The molecule has 0 radical (unpaired) electrons. The number of nitrogens with zero attached hydrogens (tertiary/aromatic N) is 2. The van der Waals surface area contributed by atoms with Gasteiger partial charge in [0.1, 0.15) is 5.82 Å². The minimum absolute atomic E-state index is 0.0419. The predicted octanol–water partition coefficient (Wildman–Crippen LogP) is 5.14. The number of anilines is 2. The third kappa shape index (κ3) is 4.74. The summed E-state index contributed by atoms with van der Waals surface area (Å²) in [6.45, 7) is 1.85. The monoisotopic (exact) mass is 429 g/mol. The number of rotatable bonds is 3. The van der Waals surface area contributed by atoms with E-state index in [1.807, 2.05) is 0 Å². The Morgan fingerprint density at radius 1 is 1.07 bits per heavy atom. The van der Waals surface area contributed by atoms with Crippen molar-refractivity contribution in [1.82, 2.24) is 4.98 Å². The lowest BCUT2D eigenvalue weighted by Gasteiger charge is -2.32. The largest absolute Gasteiger partial charge is 0.419 e. The Hall–Kier alpha value is -3.04. The van der Waals surface area contributed by atoms with Gasteiger partial charge in [-0.15, -0.1) is 0 Å². The second-order valence-electron chi connectivity index (χ2n) is 6.87. The third-order valence-corrected chi connectivity index (χ3v) is 4.68. The van der Waals surface area contributed by atoms with Gasteiger partial charge in [0.15, 0.2) is 0 Å². The van der Waals surface area contributed by atoms with Crippen molar-refractivity contribution in [3.05, 3.63) is 65.4 Å². The molecule has 2 aromatic rings. The molecule has 1 N–H and O–H groups in total. The quantitative estimate of drug-likeness (QED) is 0.688. The summed E-state index contributed by atoms with van der Waals surface area (Å²) < 4.78 is 77.6. The molecule has 1 aromatic carbocycles. The number of benzene rings is 1. The molecule has 0 spiro atoms. The van der Waals surface area contributed by atoms with Crippen molar-refractivity contribution < 1.29 is 31.1 Å². The van der Waals surface area contributed by atoms with Crippen LogP contribution < -0.4 is 10.2 Å². The molecule has 1 aromatic heterocycles. The van der Waals surface area contributed by atoms with Gasteiger partial charge in [0.2, 0.25) is 0 Å². The normalized spacial score (nSPS) is 17.5. The number of nitrogens with one attached hydrogen (secondary N) is 1. The Morgan fingerprint density at radius 2 is 1.73 bits per heavy atom. The maximum atomic E-state index is 13.2. The molecule has 4 nitrogen and oxygen atoms in total. The lowest BCUT2D eigenvalue weighted by molar-refractivity contribution is -0.138. The van der Waals surface area contributed by atoms with E-state index in [9.17, 15) is 31.1 Å². The van der Waals surface area contributed by atoms with Crippen LogP contribution in [0.25, 0.3) is 0 Å². The zero-order valence-electron chi connectivity index (χ0n) is 15.7. The van der Waals surface area contributed by atoms with Gasteiger partial charge in [0.05, 0.1) is 11.1 Å². The summed E-state index contributed by atoms with van der Waals surface area (Å²) in [4.78, 5) is 17.8. The number of amides is 1. The van der Waals surface area contributed by atoms with E-state index >= 15 is 0 Å². The van der Waals surface area contributed by atoms with Crippen LogP contribution in [0, 0.1) is 5.92 Å². The van der Waals surface area contributed by atoms with Crippen molar-refractivity contribution in [1.29, 1.82) is 0 Å². The number of hydrogen-bond acceptors (Lipinski definition) is 3. The van der Waals surface area contributed by atoms with E-state index in [2.05, 4.69) is 10.3 Å². The number of carbonyl (C=O) groups excluding carboxylic acids is 1. The first-order valence-corrected chi connectivity index (χ1v) is 8.92. The van der Waals surface area contributed by atoms with E-state index in [-0.39, 0.29) is 24.6 Å². The number of carbonyl (C=O) groups is 1. The minimum Gasteiger partial charge on any atom is -0.352 e. The molecule has 1 aliphatic heterocycles. The van der Waals surface area contributed by atoms with Crippen LogP contribution in [0.5, 0.6) is 0 Å². The highest BCUT2D eigenvalue weighted by Gasteiger charge is 2.37. The lowest BCUT2D eigenvalue weighted by atomic mass is 9.95. The number of hydrogen-bond donors (Lipinski definition) is 1. The molecule has 1 atom stereocenters. The van der Waals surface area contributed by atoms with Crippen molar-refractivity contribution in [2.24, 2.45) is 5.92 Å². The summed E-state index contributed by atoms with van der Waals surface area (Å²) in [6, 6.07) is 6.16. The van der Waals surface area contributed by atoms with Crippen LogP contribution >= 0.6 is 0 Å². The molecular weight excluding hydrogens is 412 g/mol. The molecule has 0 bridgehead atoms. The van der Waals surface area contributed by atoms with Gasteiger partial charge in [0, 0.05) is 36.5 Å². The van der Waals surface area contributed by atoms with Crippen molar-refractivity contribution in [2.45, 2.75) is 19.3 Å². The first-order valence-electron chi connectivity index (χ1n) is 8.92. The van der Waals surface area contributed by atoms with Gasteiger partial charge in [-0.05, 0) is 36.4 Å². The van der Waals surface area contributed by atoms with Gasteiger partial charge in [-0.25, -0.2) is 4.98 Å². The Morgan fingerprint density at radius 3 is 2.30 bits per heavy atom. The van der Waals surface area contributed by atoms with Gasteiger partial charge < -0.3 is 10.2 Å². The first kappa shape index (κ1) is 21.7. The van der Waals surface area contributed by atoms with Crippen LogP contribution in [0.1, 0.15) is 18.1 Å². The molecule has 160 valence electrons. The maximum absolute atomic E-state index is 13.2. The predicted molar refractivity (Wildman–Crippen MR) is 98.8 cm³/mol. The zero-order chi connectivity index (χ0) is 22.1. The van der Waals surface area contributed by atoms with Crippen LogP contribution in [0.2, 0.25) is 0 Å². The summed E-state index contributed by atoms with van der Waals surface area (Å²) in [5.74, 6) is -1.15. The summed E-state index contributed by atoms with van der Waals surface area (Å²) >= 11 is 0. The molecule has 1 unspecified atom stereocenters. The van der Waals surface area contributed by atoms with Crippen LogP contribution in [-0.2, 0) is 17.1 Å². The van der Waals surface area contributed by atoms with Gasteiger partial charge in [0.25, 0.3) is 5.91 Å². The second-order valence-corrected chi connectivity index (χ2v) is 6.87. The minimum atomic E-state index is -4.56. The average molecular weight is 429 g/mol. The standard InChI is InChI=1S/C20H17F6N3O/c1-12-11-29(17-16(20(24,25)26)3-2-9-27-17)10-8-15(12)18(30)28-14-6-4-13(5-7-14)19(21,22)23/h2-9,12H,10-11H2,1H3,(H,28,30). The highest BCUT2D eigenvalue weighted by Crippen LogP contribution is 2.36. The van der Waals surface area contributed by atoms with E-state index in [0.29, 0.717) is 5.57 Å². The van der Waals surface area contributed by atoms with Crippen LogP contribution in [0.3, 0.4) is 0 Å². The van der Waals surface area contributed by atoms with Gasteiger partial charge in [-0.1, -0.05) is 13.0 Å². The molecule has 30 heavy (non-hydrogen) atoms. The van der Waals surface area contributed by atoms with Crippen molar-refractivity contribution in [2.75, 3.05) is 23.3 Å². The molecule has 1 amide bonds. The Kier molecular flexibility index (Phi) is 5.78. The Balaban J connectivity index is 1.74. The zero-order valence-corrected chi connectivity index (χ0v) is 15.7. The van der Waals surface area contributed by atoms with Gasteiger partial charge in [-0.3, -0.25) is 4.79 Å². The summed E-state index contributed by atoms with van der Waals surface area (Å²) in [5, 5.41) is 2.52. The average Bonchev–Trinajstić information content (AvgIpc) is 2.67. The topological polar surface area (TPSA) is 45.2 Å². The number of halogens is 6. The second kappa shape index (κ2) is 8.00. The number of pyridine rings is 1. The molecule has 2 heterocycles. The fourth-order valence-corrected chi connectivity index (χ4v) is 3.22. The van der Waals surface area contributed by atoms with Crippen LogP contribution in [-0.4, -0.2) is 24.0 Å². The molecule has 10 heteroatoms. The number of aromatic nitrogens is 1. The van der Waals surface area contributed by atoms with Crippen LogP contribution in [0.4, 0.5) is 37.8 Å².